The first kappa shape index (κ1) is 16.3. The van der Waals surface area contributed by atoms with Crippen LogP contribution < -0.4 is 10.1 Å². The van der Waals surface area contributed by atoms with Crippen LogP contribution in [-0.4, -0.2) is 24.0 Å². The highest BCUT2D eigenvalue weighted by atomic mass is 32.2. The lowest BCUT2D eigenvalue weighted by atomic mass is 10.2. The fourth-order valence-corrected chi connectivity index (χ4v) is 5.11. The van der Waals surface area contributed by atoms with Crippen LogP contribution in [0.15, 0.2) is 48.5 Å². The number of anilines is 1. The Morgan fingerprint density at radius 2 is 1.74 bits per heavy atom. The van der Waals surface area contributed by atoms with Crippen molar-refractivity contribution < 1.29 is 9.53 Å². The van der Waals surface area contributed by atoms with E-state index in [0.29, 0.717) is 4.58 Å². The monoisotopic (exact) mass is 345 g/mol. The fraction of sp³-hybridized carbons (Fsp3) is 0.278. The van der Waals surface area contributed by atoms with Crippen LogP contribution >= 0.6 is 23.5 Å². The van der Waals surface area contributed by atoms with Gasteiger partial charge in [0.05, 0.1) is 4.58 Å². The van der Waals surface area contributed by atoms with Gasteiger partial charge < -0.3 is 10.1 Å². The number of hydrogen-bond donors (Lipinski definition) is 1. The molecule has 0 saturated carbocycles. The van der Waals surface area contributed by atoms with E-state index < -0.39 is 0 Å². The summed E-state index contributed by atoms with van der Waals surface area (Å²) in [6.07, 6.45) is 0. The third kappa shape index (κ3) is 4.69. The van der Waals surface area contributed by atoms with Gasteiger partial charge >= 0.3 is 0 Å². The highest BCUT2D eigenvalue weighted by Gasteiger charge is 2.17. The molecule has 0 aromatic heterocycles. The highest BCUT2D eigenvalue weighted by molar-refractivity contribution is 8.19. The molecule has 2 aromatic rings. The molecular formula is C18H19NO2S2. The lowest BCUT2D eigenvalue weighted by Crippen LogP contribution is -2.20. The maximum atomic E-state index is 11.9. The van der Waals surface area contributed by atoms with Crippen molar-refractivity contribution in [1.29, 1.82) is 0 Å². The standard InChI is InChI=1S/C18H19NO2S2/c1-13-2-6-15(7-3-13)19-17(20)12-21-16-8-4-14(5-9-16)18-22-10-11-23-18/h2-9,18H,10-12H2,1H3,(H,19,20). The smallest absolute Gasteiger partial charge is 0.262 e. The molecule has 1 N–H and O–H groups in total. The molecule has 3 nitrogen and oxygen atoms in total. The van der Waals surface area contributed by atoms with Gasteiger partial charge in [0.25, 0.3) is 5.91 Å². The van der Waals surface area contributed by atoms with Crippen molar-refractivity contribution in [2.45, 2.75) is 11.5 Å². The Morgan fingerprint density at radius 3 is 2.39 bits per heavy atom. The minimum absolute atomic E-state index is 0.0140. The number of ether oxygens (including phenoxy) is 1. The molecule has 0 aliphatic carbocycles. The fourth-order valence-electron chi connectivity index (χ4n) is 2.25. The molecule has 0 atom stereocenters. The molecule has 1 saturated heterocycles. The van der Waals surface area contributed by atoms with E-state index in [9.17, 15) is 4.79 Å². The SMILES string of the molecule is Cc1ccc(NC(=O)COc2ccc(C3SCCS3)cc2)cc1. The Morgan fingerprint density at radius 1 is 1.09 bits per heavy atom. The van der Waals surface area contributed by atoms with Crippen molar-refractivity contribution in [3.8, 4) is 5.75 Å². The lowest BCUT2D eigenvalue weighted by molar-refractivity contribution is -0.118. The zero-order valence-corrected chi connectivity index (χ0v) is 14.6. The van der Waals surface area contributed by atoms with E-state index in [0.717, 1.165) is 17.0 Å². The molecule has 1 fully saturated rings. The molecule has 0 unspecified atom stereocenters. The third-order valence-corrected chi connectivity index (χ3v) is 6.58. The summed E-state index contributed by atoms with van der Waals surface area (Å²) in [4.78, 5) is 11.9. The summed E-state index contributed by atoms with van der Waals surface area (Å²) < 4.78 is 6.09. The van der Waals surface area contributed by atoms with Crippen LogP contribution in [0.4, 0.5) is 5.69 Å². The van der Waals surface area contributed by atoms with E-state index in [1.807, 2.05) is 66.8 Å². The van der Waals surface area contributed by atoms with Crippen molar-refractivity contribution in [2.24, 2.45) is 0 Å². The molecule has 2 aromatic carbocycles. The zero-order chi connectivity index (χ0) is 16.1. The van der Waals surface area contributed by atoms with Crippen LogP contribution in [0.5, 0.6) is 5.75 Å². The van der Waals surface area contributed by atoms with Crippen LogP contribution in [0, 0.1) is 6.92 Å². The van der Waals surface area contributed by atoms with Gasteiger partial charge in [0.2, 0.25) is 0 Å². The van der Waals surface area contributed by atoms with Crippen LogP contribution in [-0.2, 0) is 4.79 Å². The van der Waals surface area contributed by atoms with Crippen LogP contribution in [0.2, 0.25) is 0 Å². The number of thioether (sulfide) groups is 2. The number of benzene rings is 2. The highest BCUT2D eigenvalue weighted by Crippen LogP contribution is 2.45. The molecule has 3 rings (SSSR count). The van der Waals surface area contributed by atoms with Gasteiger partial charge in [0, 0.05) is 17.2 Å². The molecule has 120 valence electrons. The number of nitrogens with one attached hydrogen (secondary N) is 1. The first-order valence-electron chi connectivity index (χ1n) is 7.53. The predicted molar refractivity (Wildman–Crippen MR) is 99.4 cm³/mol. The molecule has 1 heterocycles. The van der Waals surface area contributed by atoms with E-state index in [4.69, 9.17) is 4.74 Å². The average Bonchev–Trinajstić information content (AvgIpc) is 3.10. The van der Waals surface area contributed by atoms with Crippen molar-refractivity contribution in [3.63, 3.8) is 0 Å². The molecule has 0 radical (unpaired) electrons. The Labute approximate surface area is 145 Å². The molecule has 1 amide bonds. The topological polar surface area (TPSA) is 38.3 Å². The molecule has 23 heavy (non-hydrogen) atoms. The number of rotatable bonds is 5. The van der Waals surface area contributed by atoms with Gasteiger partial charge in [-0.25, -0.2) is 0 Å². The minimum Gasteiger partial charge on any atom is -0.484 e. The van der Waals surface area contributed by atoms with Crippen LogP contribution in [0.25, 0.3) is 0 Å². The molecular weight excluding hydrogens is 326 g/mol. The van der Waals surface area contributed by atoms with Crippen LogP contribution in [0.1, 0.15) is 15.7 Å². The van der Waals surface area contributed by atoms with Gasteiger partial charge in [0.1, 0.15) is 5.75 Å². The summed E-state index contributed by atoms with van der Waals surface area (Å²) in [7, 11) is 0. The van der Waals surface area contributed by atoms with Gasteiger partial charge in [0.15, 0.2) is 6.61 Å². The first-order valence-corrected chi connectivity index (χ1v) is 9.63. The van der Waals surface area contributed by atoms with E-state index >= 15 is 0 Å². The van der Waals surface area contributed by atoms with Gasteiger partial charge in [-0.3, -0.25) is 4.79 Å². The summed E-state index contributed by atoms with van der Waals surface area (Å²) in [6.45, 7) is 2.03. The number of amides is 1. The van der Waals surface area contributed by atoms with E-state index in [1.54, 1.807) is 0 Å². The summed E-state index contributed by atoms with van der Waals surface area (Å²) >= 11 is 3.96. The Balaban J connectivity index is 1.49. The summed E-state index contributed by atoms with van der Waals surface area (Å²) in [6, 6.07) is 15.8. The summed E-state index contributed by atoms with van der Waals surface area (Å²) in [5.74, 6) is 3.00. The molecule has 0 bridgehead atoms. The number of aryl methyl sites for hydroxylation is 1. The minimum atomic E-state index is -0.153. The van der Waals surface area contributed by atoms with Gasteiger partial charge in [-0.1, -0.05) is 29.8 Å². The third-order valence-electron chi connectivity index (χ3n) is 3.48. The van der Waals surface area contributed by atoms with E-state index in [2.05, 4.69) is 17.4 Å². The second kappa shape index (κ2) is 7.79. The van der Waals surface area contributed by atoms with E-state index in [-0.39, 0.29) is 12.5 Å². The molecule has 1 aliphatic rings. The van der Waals surface area contributed by atoms with Crippen molar-refractivity contribution >= 4 is 35.1 Å². The predicted octanol–water partition coefficient (Wildman–Crippen LogP) is 4.49. The molecule has 0 spiro atoms. The quantitative estimate of drug-likeness (QED) is 0.866. The van der Waals surface area contributed by atoms with Crippen molar-refractivity contribution in [3.05, 3.63) is 59.7 Å². The Hall–Kier alpha value is -1.59. The largest absolute Gasteiger partial charge is 0.484 e. The number of carbonyl (C=O) groups excluding carboxylic acids is 1. The second-order valence-electron chi connectivity index (χ2n) is 5.35. The van der Waals surface area contributed by atoms with Crippen molar-refractivity contribution in [1.82, 2.24) is 0 Å². The lowest BCUT2D eigenvalue weighted by Gasteiger charge is -2.10. The van der Waals surface area contributed by atoms with Gasteiger partial charge in [-0.05, 0) is 36.8 Å². The van der Waals surface area contributed by atoms with Crippen molar-refractivity contribution in [2.75, 3.05) is 23.4 Å². The van der Waals surface area contributed by atoms with E-state index in [1.165, 1.54) is 17.1 Å². The average molecular weight is 345 g/mol. The normalized spacial score (nSPS) is 14.7. The summed E-state index contributed by atoms with van der Waals surface area (Å²) in [5.41, 5.74) is 3.27. The maximum absolute atomic E-state index is 11.9. The Kier molecular flexibility index (Phi) is 5.51. The van der Waals surface area contributed by atoms with Crippen LogP contribution in [0.3, 0.4) is 0 Å². The number of hydrogen-bond acceptors (Lipinski definition) is 4. The number of carbonyl (C=O) groups is 1. The van der Waals surface area contributed by atoms with Gasteiger partial charge in [-0.2, -0.15) is 0 Å². The maximum Gasteiger partial charge on any atom is 0.262 e. The first-order chi connectivity index (χ1) is 11.2. The zero-order valence-electron chi connectivity index (χ0n) is 13.0. The second-order valence-corrected chi connectivity index (χ2v) is 8.07. The molecule has 1 aliphatic heterocycles. The summed E-state index contributed by atoms with van der Waals surface area (Å²) in [5, 5.41) is 2.82. The van der Waals surface area contributed by atoms with Gasteiger partial charge in [-0.15, -0.1) is 23.5 Å². The molecule has 5 heteroatoms. The Bertz CT molecular complexity index is 650.